The van der Waals surface area contributed by atoms with Crippen LogP contribution in [0.25, 0.3) is 0 Å². The van der Waals surface area contributed by atoms with Crippen LogP contribution in [0, 0.1) is 0 Å². The summed E-state index contributed by atoms with van der Waals surface area (Å²) in [5.41, 5.74) is 5.85. The zero-order chi connectivity index (χ0) is 15.2. The molecule has 0 bridgehead atoms. The number of amides is 1. The highest BCUT2D eigenvalue weighted by atomic mass is 35.5. The molecule has 0 heterocycles. The first kappa shape index (κ1) is 19.4. The van der Waals surface area contributed by atoms with Crippen molar-refractivity contribution < 1.29 is 14.7 Å². The molecule has 0 saturated carbocycles. The number of carboxylic acid groups (broad SMARTS) is 1. The molecule has 4 N–H and O–H groups in total. The number of carbonyl (C=O) groups is 2. The lowest BCUT2D eigenvalue weighted by Gasteiger charge is -2.28. The Morgan fingerprint density at radius 1 is 1.24 bits per heavy atom. The summed E-state index contributed by atoms with van der Waals surface area (Å²) in [6.07, 6.45) is 0.840. The Kier molecular flexibility index (Phi) is 7.99. The van der Waals surface area contributed by atoms with Crippen LogP contribution >= 0.6 is 12.4 Å². The first-order chi connectivity index (χ1) is 9.42. The lowest BCUT2D eigenvalue weighted by molar-refractivity contribution is -0.138. The quantitative estimate of drug-likeness (QED) is 0.719. The van der Waals surface area contributed by atoms with E-state index in [-0.39, 0.29) is 24.7 Å². The molecule has 0 fully saturated rings. The van der Waals surface area contributed by atoms with E-state index < -0.39 is 17.6 Å². The summed E-state index contributed by atoms with van der Waals surface area (Å²) < 4.78 is 0. The van der Waals surface area contributed by atoms with Gasteiger partial charge in [0.2, 0.25) is 5.91 Å². The van der Waals surface area contributed by atoms with E-state index in [1.165, 1.54) is 0 Å². The van der Waals surface area contributed by atoms with Crippen molar-refractivity contribution >= 4 is 24.3 Å². The number of aliphatic carboxylic acids is 1. The summed E-state index contributed by atoms with van der Waals surface area (Å²) in [5, 5.41) is 11.8. The van der Waals surface area contributed by atoms with E-state index in [9.17, 15) is 9.59 Å². The molecule has 0 radical (unpaired) electrons. The van der Waals surface area contributed by atoms with Crippen LogP contribution in [0.2, 0.25) is 0 Å². The lowest BCUT2D eigenvalue weighted by Crippen LogP contribution is -2.54. The second kappa shape index (κ2) is 8.64. The first-order valence-corrected chi connectivity index (χ1v) is 6.79. The maximum atomic E-state index is 12.3. The highest BCUT2D eigenvalue weighted by Crippen LogP contribution is 2.19. The van der Waals surface area contributed by atoms with E-state index in [4.69, 9.17) is 10.8 Å². The minimum atomic E-state index is -0.963. The number of halogens is 1. The van der Waals surface area contributed by atoms with Crippen molar-refractivity contribution in [3.63, 3.8) is 0 Å². The number of hydrogen-bond donors (Lipinski definition) is 3. The van der Waals surface area contributed by atoms with Crippen molar-refractivity contribution in [3.05, 3.63) is 35.9 Å². The average Bonchev–Trinajstić information content (AvgIpc) is 2.46. The minimum Gasteiger partial charge on any atom is -0.481 e. The highest BCUT2D eigenvalue weighted by molar-refractivity contribution is 5.86. The van der Waals surface area contributed by atoms with Crippen molar-refractivity contribution in [1.82, 2.24) is 5.32 Å². The van der Waals surface area contributed by atoms with E-state index in [0.717, 1.165) is 5.56 Å². The standard InChI is InChI=1S/C15H22N2O3.ClH/c1-3-15(16,4-2)14(20)17-12(10-13(18)19)11-8-6-5-7-9-11;/h5-9,12H,3-4,10,16H2,1-2H3,(H,17,20)(H,18,19);1H. The third-order valence-corrected chi connectivity index (χ3v) is 3.60. The monoisotopic (exact) mass is 314 g/mol. The van der Waals surface area contributed by atoms with Gasteiger partial charge in [-0.05, 0) is 18.4 Å². The predicted molar refractivity (Wildman–Crippen MR) is 84.3 cm³/mol. The molecule has 1 unspecified atom stereocenters. The normalized spacial score (nSPS) is 12.1. The Labute approximate surface area is 131 Å². The summed E-state index contributed by atoms with van der Waals surface area (Å²) >= 11 is 0. The average molecular weight is 315 g/mol. The number of benzene rings is 1. The summed E-state index contributed by atoms with van der Waals surface area (Å²) in [7, 11) is 0. The van der Waals surface area contributed by atoms with Gasteiger partial charge in [-0.2, -0.15) is 0 Å². The predicted octanol–water partition coefficient (Wildman–Crippen LogP) is 2.26. The number of nitrogens with one attached hydrogen (secondary N) is 1. The molecule has 0 saturated heterocycles. The Morgan fingerprint density at radius 2 is 1.76 bits per heavy atom. The van der Waals surface area contributed by atoms with Crippen LogP contribution in [0.4, 0.5) is 0 Å². The lowest BCUT2D eigenvalue weighted by atomic mass is 9.92. The van der Waals surface area contributed by atoms with Crippen LogP contribution < -0.4 is 11.1 Å². The molecule has 1 aromatic carbocycles. The molecule has 1 amide bonds. The van der Waals surface area contributed by atoms with Gasteiger partial charge >= 0.3 is 5.97 Å². The van der Waals surface area contributed by atoms with E-state index in [1.54, 1.807) is 12.1 Å². The molecule has 0 aliphatic carbocycles. The van der Waals surface area contributed by atoms with Gasteiger partial charge in [-0.25, -0.2) is 0 Å². The summed E-state index contributed by atoms with van der Waals surface area (Å²) in [5.74, 6) is -1.27. The van der Waals surface area contributed by atoms with Gasteiger partial charge < -0.3 is 16.2 Å². The molecule has 1 atom stereocenters. The van der Waals surface area contributed by atoms with Crippen molar-refractivity contribution in [3.8, 4) is 0 Å². The van der Waals surface area contributed by atoms with Gasteiger partial charge in [0.1, 0.15) is 0 Å². The molecule has 0 aliphatic rings. The zero-order valence-electron chi connectivity index (χ0n) is 12.3. The molecular weight excluding hydrogens is 292 g/mol. The Morgan fingerprint density at radius 3 is 2.19 bits per heavy atom. The maximum absolute atomic E-state index is 12.3. The van der Waals surface area contributed by atoms with Gasteiger partial charge in [-0.1, -0.05) is 44.2 Å². The van der Waals surface area contributed by atoms with Gasteiger partial charge in [0.05, 0.1) is 18.0 Å². The number of nitrogens with two attached hydrogens (primary N) is 1. The van der Waals surface area contributed by atoms with Crippen LogP contribution in [0.15, 0.2) is 30.3 Å². The Bertz CT molecular complexity index is 461. The first-order valence-electron chi connectivity index (χ1n) is 6.79. The van der Waals surface area contributed by atoms with Gasteiger partial charge in [0, 0.05) is 0 Å². The number of carbonyl (C=O) groups excluding carboxylic acids is 1. The molecule has 6 heteroatoms. The highest BCUT2D eigenvalue weighted by Gasteiger charge is 2.32. The van der Waals surface area contributed by atoms with Crippen molar-refractivity contribution in [1.29, 1.82) is 0 Å². The molecule has 0 spiro atoms. The zero-order valence-corrected chi connectivity index (χ0v) is 13.2. The summed E-state index contributed by atoms with van der Waals surface area (Å²) in [4.78, 5) is 23.2. The summed E-state index contributed by atoms with van der Waals surface area (Å²) in [6.45, 7) is 3.69. The Hall–Kier alpha value is -1.59. The van der Waals surface area contributed by atoms with Crippen LogP contribution in [0.3, 0.4) is 0 Å². The van der Waals surface area contributed by atoms with E-state index in [2.05, 4.69) is 5.32 Å². The topological polar surface area (TPSA) is 92.4 Å². The second-order valence-corrected chi connectivity index (χ2v) is 4.90. The Balaban J connectivity index is 0.00000400. The maximum Gasteiger partial charge on any atom is 0.305 e. The second-order valence-electron chi connectivity index (χ2n) is 4.90. The molecule has 118 valence electrons. The molecule has 0 aromatic heterocycles. The molecule has 1 aromatic rings. The molecule has 1 rings (SSSR count). The van der Waals surface area contributed by atoms with Gasteiger partial charge in [-0.3, -0.25) is 9.59 Å². The number of hydrogen-bond acceptors (Lipinski definition) is 3. The van der Waals surface area contributed by atoms with Crippen LogP contribution in [0.5, 0.6) is 0 Å². The SMILES string of the molecule is CCC(N)(CC)C(=O)NC(CC(=O)O)c1ccccc1.Cl. The third kappa shape index (κ3) is 5.36. The van der Waals surface area contributed by atoms with Gasteiger partial charge in [0.15, 0.2) is 0 Å². The number of carboxylic acids is 1. The smallest absolute Gasteiger partial charge is 0.305 e. The minimum absolute atomic E-state index is 0. The van der Waals surface area contributed by atoms with E-state index >= 15 is 0 Å². The largest absolute Gasteiger partial charge is 0.481 e. The van der Waals surface area contributed by atoms with Crippen molar-refractivity contribution in [2.75, 3.05) is 0 Å². The van der Waals surface area contributed by atoms with E-state index in [1.807, 2.05) is 32.0 Å². The third-order valence-electron chi connectivity index (χ3n) is 3.60. The van der Waals surface area contributed by atoms with Crippen molar-refractivity contribution in [2.45, 2.75) is 44.7 Å². The molecular formula is C15H23ClN2O3. The fourth-order valence-electron chi connectivity index (χ4n) is 1.99. The van der Waals surface area contributed by atoms with Crippen LogP contribution in [0.1, 0.15) is 44.7 Å². The van der Waals surface area contributed by atoms with Crippen LogP contribution in [-0.4, -0.2) is 22.5 Å². The van der Waals surface area contributed by atoms with E-state index in [0.29, 0.717) is 12.8 Å². The molecule has 0 aliphatic heterocycles. The summed E-state index contributed by atoms with van der Waals surface area (Å²) in [6, 6.07) is 8.49. The van der Waals surface area contributed by atoms with Crippen LogP contribution in [-0.2, 0) is 9.59 Å². The fourth-order valence-corrected chi connectivity index (χ4v) is 1.99. The fraction of sp³-hybridized carbons (Fsp3) is 0.467. The van der Waals surface area contributed by atoms with Crippen molar-refractivity contribution in [2.24, 2.45) is 5.73 Å². The molecule has 5 nitrogen and oxygen atoms in total. The number of rotatable bonds is 7. The molecule has 21 heavy (non-hydrogen) atoms. The van der Waals surface area contributed by atoms with Gasteiger partial charge in [0.25, 0.3) is 0 Å². The van der Waals surface area contributed by atoms with Gasteiger partial charge in [-0.15, -0.1) is 12.4 Å².